The van der Waals surface area contributed by atoms with Crippen molar-refractivity contribution in [3.63, 3.8) is 0 Å². The van der Waals surface area contributed by atoms with Gasteiger partial charge in [-0.15, -0.1) is 0 Å². The second-order valence-electron chi connectivity index (χ2n) is 9.90. The SMILES string of the molecule is CCNC(=O)C(CC)N(Cc1ccccc1)C(=O)CN(c1ccc(C(C)C)cc1)S(=O)(=O)c1ccc(C)cc1. The summed E-state index contributed by atoms with van der Waals surface area (Å²) in [6.45, 7) is 9.84. The molecule has 3 aromatic rings. The topological polar surface area (TPSA) is 86.8 Å². The van der Waals surface area contributed by atoms with Crippen LogP contribution in [-0.2, 0) is 26.2 Å². The van der Waals surface area contributed by atoms with E-state index in [4.69, 9.17) is 0 Å². The predicted octanol–water partition coefficient (Wildman–Crippen LogP) is 5.26. The summed E-state index contributed by atoms with van der Waals surface area (Å²) in [6.07, 6.45) is 0.387. The molecule has 0 saturated heterocycles. The molecule has 0 aliphatic rings. The van der Waals surface area contributed by atoms with Crippen LogP contribution in [0.1, 0.15) is 56.7 Å². The molecular formula is C31H39N3O4S. The summed E-state index contributed by atoms with van der Waals surface area (Å²) in [6, 6.07) is 22.5. The second-order valence-corrected chi connectivity index (χ2v) is 11.8. The summed E-state index contributed by atoms with van der Waals surface area (Å²) >= 11 is 0. The van der Waals surface area contributed by atoms with Crippen LogP contribution in [0.15, 0.2) is 83.8 Å². The maximum atomic E-state index is 14.0. The fourth-order valence-corrected chi connectivity index (χ4v) is 5.80. The van der Waals surface area contributed by atoms with Crippen molar-refractivity contribution in [3.05, 3.63) is 95.6 Å². The molecule has 0 aromatic heterocycles. The van der Waals surface area contributed by atoms with E-state index in [1.807, 2.05) is 63.2 Å². The van der Waals surface area contributed by atoms with Gasteiger partial charge in [-0.05, 0) is 61.6 Å². The highest BCUT2D eigenvalue weighted by Gasteiger charge is 2.33. The molecule has 3 aromatic carbocycles. The standard InChI is InChI=1S/C31H39N3O4S/c1-6-29(31(36)32-7-2)33(21-25-11-9-8-10-12-25)30(35)22-34(27-17-15-26(16-18-27)23(3)4)39(37,38)28-19-13-24(5)14-20-28/h8-20,23,29H,6-7,21-22H2,1-5H3,(H,32,36). The maximum Gasteiger partial charge on any atom is 0.264 e. The first-order valence-corrected chi connectivity index (χ1v) is 14.8. The molecule has 0 aliphatic heterocycles. The number of benzene rings is 3. The van der Waals surface area contributed by atoms with Crippen LogP contribution >= 0.6 is 0 Å². The third-order valence-corrected chi connectivity index (χ3v) is 8.46. The number of rotatable bonds is 12. The molecular weight excluding hydrogens is 510 g/mol. The van der Waals surface area contributed by atoms with Crippen LogP contribution in [0.2, 0.25) is 0 Å². The van der Waals surface area contributed by atoms with Crippen molar-refractivity contribution in [2.75, 3.05) is 17.4 Å². The second kappa shape index (κ2) is 13.4. The Balaban J connectivity index is 2.06. The molecule has 0 heterocycles. The summed E-state index contributed by atoms with van der Waals surface area (Å²) in [4.78, 5) is 28.6. The summed E-state index contributed by atoms with van der Waals surface area (Å²) in [7, 11) is -4.08. The van der Waals surface area contributed by atoms with Gasteiger partial charge in [-0.25, -0.2) is 8.42 Å². The van der Waals surface area contributed by atoms with Gasteiger partial charge in [0.2, 0.25) is 11.8 Å². The Hall–Kier alpha value is -3.65. The number of anilines is 1. The van der Waals surface area contributed by atoms with Crippen LogP contribution in [0.5, 0.6) is 0 Å². The van der Waals surface area contributed by atoms with Crippen molar-refractivity contribution in [1.29, 1.82) is 0 Å². The van der Waals surface area contributed by atoms with Crippen LogP contribution in [-0.4, -0.2) is 44.3 Å². The number of nitrogens with one attached hydrogen (secondary N) is 1. The summed E-state index contributed by atoms with van der Waals surface area (Å²) < 4.78 is 29.0. The highest BCUT2D eigenvalue weighted by atomic mass is 32.2. The van der Waals surface area contributed by atoms with E-state index in [9.17, 15) is 18.0 Å². The number of sulfonamides is 1. The van der Waals surface area contributed by atoms with Crippen molar-refractivity contribution in [2.45, 2.75) is 64.4 Å². The van der Waals surface area contributed by atoms with E-state index >= 15 is 0 Å². The molecule has 0 saturated carbocycles. The molecule has 0 spiro atoms. The average molecular weight is 550 g/mol. The number of carbonyl (C=O) groups excluding carboxylic acids is 2. The van der Waals surface area contributed by atoms with Crippen LogP contribution < -0.4 is 9.62 Å². The highest BCUT2D eigenvalue weighted by molar-refractivity contribution is 7.92. The first-order chi connectivity index (χ1) is 18.6. The molecule has 7 nitrogen and oxygen atoms in total. The number of aryl methyl sites for hydroxylation is 1. The third kappa shape index (κ3) is 7.47. The van der Waals surface area contributed by atoms with Gasteiger partial charge >= 0.3 is 0 Å². The zero-order valence-corrected chi connectivity index (χ0v) is 24.2. The van der Waals surface area contributed by atoms with Crippen molar-refractivity contribution >= 4 is 27.5 Å². The molecule has 1 N–H and O–H groups in total. The number of nitrogens with zero attached hydrogens (tertiary/aromatic N) is 2. The van der Waals surface area contributed by atoms with E-state index in [-0.39, 0.29) is 23.3 Å². The summed E-state index contributed by atoms with van der Waals surface area (Å²) in [5.41, 5.74) is 3.23. The fraction of sp³-hybridized carbons (Fsp3) is 0.355. The molecule has 3 rings (SSSR count). The minimum atomic E-state index is -4.08. The number of amides is 2. The van der Waals surface area contributed by atoms with Crippen LogP contribution in [0, 0.1) is 6.92 Å². The zero-order chi connectivity index (χ0) is 28.6. The normalized spacial score (nSPS) is 12.2. The van der Waals surface area contributed by atoms with Crippen LogP contribution in [0.3, 0.4) is 0 Å². The molecule has 0 bridgehead atoms. The molecule has 0 fully saturated rings. The largest absolute Gasteiger partial charge is 0.355 e. The quantitative estimate of drug-likeness (QED) is 0.334. The van der Waals surface area contributed by atoms with Gasteiger partial charge in [0.15, 0.2) is 0 Å². The first kappa shape index (κ1) is 29.9. The van der Waals surface area contributed by atoms with E-state index in [2.05, 4.69) is 19.2 Å². The summed E-state index contributed by atoms with van der Waals surface area (Å²) in [5, 5.41) is 2.82. The first-order valence-electron chi connectivity index (χ1n) is 13.4. The maximum absolute atomic E-state index is 14.0. The van der Waals surface area contributed by atoms with Gasteiger partial charge in [0, 0.05) is 13.1 Å². The highest BCUT2D eigenvalue weighted by Crippen LogP contribution is 2.27. The zero-order valence-electron chi connectivity index (χ0n) is 23.4. The minimum Gasteiger partial charge on any atom is -0.355 e. The van der Waals surface area contributed by atoms with Gasteiger partial charge in [0.25, 0.3) is 10.0 Å². The molecule has 8 heteroatoms. The molecule has 39 heavy (non-hydrogen) atoms. The Kier molecular flexibility index (Phi) is 10.3. The van der Waals surface area contributed by atoms with E-state index in [0.29, 0.717) is 18.7 Å². The summed E-state index contributed by atoms with van der Waals surface area (Å²) in [5.74, 6) is -0.453. The molecule has 1 unspecified atom stereocenters. The minimum absolute atomic E-state index is 0.0965. The molecule has 1 atom stereocenters. The lowest BCUT2D eigenvalue weighted by Gasteiger charge is -2.33. The number of hydrogen-bond acceptors (Lipinski definition) is 4. The van der Waals surface area contributed by atoms with Crippen molar-refractivity contribution in [1.82, 2.24) is 10.2 Å². The van der Waals surface area contributed by atoms with Gasteiger partial charge < -0.3 is 10.2 Å². The van der Waals surface area contributed by atoms with Crippen molar-refractivity contribution < 1.29 is 18.0 Å². The third-order valence-electron chi connectivity index (χ3n) is 6.67. The lowest BCUT2D eigenvalue weighted by Crippen LogP contribution is -2.52. The van der Waals surface area contributed by atoms with E-state index < -0.39 is 28.5 Å². The number of carbonyl (C=O) groups is 2. The van der Waals surface area contributed by atoms with Crippen molar-refractivity contribution in [3.8, 4) is 0 Å². The Labute approximate surface area is 232 Å². The van der Waals surface area contributed by atoms with Gasteiger partial charge in [0.1, 0.15) is 12.6 Å². The Morgan fingerprint density at radius 2 is 1.49 bits per heavy atom. The smallest absolute Gasteiger partial charge is 0.264 e. The van der Waals surface area contributed by atoms with Crippen LogP contribution in [0.25, 0.3) is 0 Å². The van der Waals surface area contributed by atoms with Gasteiger partial charge in [0.05, 0.1) is 10.6 Å². The Morgan fingerprint density at radius 3 is 2.03 bits per heavy atom. The van der Waals surface area contributed by atoms with E-state index in [1.165, 1.54) is 4.90 Å². The van der Waals surface area contributed by atoms with E-state index in [0.717, 1.165) is 21.0 Å². The van der Waals surface area contributed by atoms with Gasteiger partial charge in [-0.3, -0.25) is 13.9 Å². The number of likely N-dealkylation sites (N-methyl/N-ethyl adjacent to an activating group) is 1. The lowest BCUT2D eigenvalue weighted by molar-refractivity contribution is -0.140. The van der Waals surface area contributed by atoms with Crippen LogP contribution in [0.4, 0.5) is 5.69 Å². The lowest BCUT2D eigenvalue weighted by atomic mass is 10.0. The molecule has 0 radical (unpaired) electrons. The molecule has 2 amide bonds. The van der Waals surface area contributed by atoms with Gasteiger partial charge in [-0.2, -0.15) is 0 Å². The number of hydrogen-bond donors (Lipinski definition) is 1. The Bertz CT molecular complexity index is 1340. The van der Waals surface area contributed by atoms with E-state index in [1.54, 1.807) is 36.4 Å². The average Bonchev–Trinajstić information content (AvgIpc) is 2.92. The predicted molar refractivity (Wildman–Crippen MR) is 156 cm³/mol. The Morgan fingerprint density at radius 1 is 0.872 bits per heavy atom. The molecule has 0 aliphatic carbocycles. The monoisotopic (exact) mass is 549 g/mol. The molecule has 208 valence electrons. The van der Waals surface area contributed by atoms with Crippen molar-refractivity contribution in [2.24, 2.45) is 0 Å². The fourth-order valence-electron chi connectivity index (χ4n) is 4.38. The van der Waals surface area contributed by atoms with Gasteiger partial charge in [-0.1, -0.05) is 80.9 Å².